The predicted octanol–water partition coefficient (Wildman–Crippen LogP) is 3.40. The monoisotopic (exact) mass is 293 g/mol. The van der Waals surface area contributed by atoms with Crippen molar-refractivity contribution in [2.45, 2.75) is 50.2 Å². The molecule has 1 heterocycles. The highest BCUT2D eigenvalue weighted by atomic mass is 35.5. The number of carbonyl (C=O) groups excluding carboxylic acids is 1. The third-order valence-electron chi connectivity index (χ3n) is 4.43. The van der Waals surface area contributed by atoms with E-state index in [1.54, 1.807) is 0 Å². The Morgan fingerprint density at radius 1 is 1.30 bits per heavy atom. The summed E-state index contributed by atoms with van der Waals surface area (Å²) < 4.78 is 5.72. The fourth-order valence-corrected chi connectivity index (χ4v) is 3.05. The molecule has 1 amide bonds. The van der Waals surface area contributed by atoms with Crippen molar-refractivity contribution < 1.29 is 9.53 Å². The van der Waals surface area contributed by atoms with Gasteiger partial charge in [0.05, 0.1) is 5.54 Å². The number of benzene rings is 1. The Balaban J connectivity index is 1.75. The van der Waals surface area contributed by atoms with Gasteiger partial charge in [-0.2, -0.15) is 0 Å². The molecular formula is C16H20ClNO2. The first-order valence-electron chi connectivity index (χ1n) is 7.27. The molecular weight excluding hydrogens is 274 g/mol. The van der Waals surface area contributed by atoms with Gasteiger partial charge in [0.25, 0.3) is 5.91 Å². The van der Waals surface area contributed by atoms with E-state index in [9.17, 15) is 4.79 Å². The molecule has 0 bridgehead atoms. The van der Waals surface area contributed by atoms with Crippen LogP contribution in [-0.2, 0) is 15.1 Å². The SMILES string of the molecule is C[C@]1(C(=O)NC2(c3cccc(Cl)c3)CC2)CCCCO1. The molecule has 1 saturated heterocycles. The van der Waals surface area contributed by atoms with Gasteiger partial charge in [-0.05, 0) is 56.7 Å². The van der Waals surface area contributed by atoms with Gasteiger partial charge < -0.3 is 10.1 Å². The van der Waals surface area contributed by atoms with Gasteiger partial charge in [0, 0.05) is 11.6 Å². The number of amides is 1. The van der Waals surface area contributed by atoms with E-state index in [1.807, 2.05) is 31.2 Å². The van der Waals surface area contributed by atoms with E-state index in [1.165, 1.54) is 0 Å². The van der Waals surface area contributed by atoms with E-state index in [0.717, 1.165) is 37.7 Å². The zero-order valence-corrected chi connectivity index (χ0v) is 12.5. The first kappa shape index (κ1) is 13.9. The Morgan fingerprint density at radius 2 is 2.10 bits per heavy atom. The third-order valence-corrected chi connectivity index (χ3v) is 4.66. The van der Waals surface area contributed by atoms with Crippen molar-refractivity contribution in [1.82, 2.24) is 5.32 Å². The Kier molecular flexibility index (Phi) is 3.51. The average Bonchev–Trinajstić information content (AvgIpc) is 3.20. The van der Waals surface area contributed by atoms with Crippen LogP contribution in [0.5, 0.6) is 0 Å². The highest BCUT2D eigenvalue weighted by Gasteiger charge is 2.49. The minimum Gasteiger partial charge on any atom is -0.365 e. The molecule has 1 N–H and O–H groups in total. The molecule has 2 fully saturated rings. The maximum absolute atomic E-state index is 12.6. The molecule has 1 aromatic rings. The topological polar surface area (TPSA) is 38.3 Å². The molecule has 20 heavy (non-hydrogen) atoms. The molecule has 0 aromatic heterocycles. The lowest BCUT2D eigenvalue weighted by molar-refractivity contribution is -0.151. The van der Waals surface area contributed by atoms with Gasteiger partial charge in [0.1, 0.15) is 5.60 Å². The molecule has 1 saturated carbocycles. The maximum atomic E-state index is 12.6. The number of halogens is 1. The summed E-state index contributed by atoms with van der Waals surface area (Å²) in [6.07, 6.45) is 4.82. The number of ether oxygens (including phenoxy) is 1. The number of rotatable bonds is 3. The lowest BCUT2D eigenvalue weighted by atomic mass is 9.93. The van der Waals surface area contributed by atoms with Crippen LogP contribution in [0.3, 0.4) is 0 Å². The van der Waals surface area contributed by atoms with Gasteiger partial charge in [0.15, 0.2) is 0 Å². The van der Waals surface area contributed by atoms with Gasteiger partial charge in [-0.15, -0.1) is 0 Å². The quantitative estimate of drug-likeness (QED) is 0.927. The standard InChI is InChI=1S/C16H20ClNO2/c1-15(7-2-3-10-20-15)14(19)18-16(8-9-16)12-5-4-6-13(17)11-12/h4-6,11H,2-3,7-10H2,1H3,(H,18,19)/t15-/m1/s1. The minimum absolute atomic E-state index is 0.00896. The first-order valence-corrected chi connectivity index (χ1v) is 7.65. The largest absolute Gasteiger partial charge is 0.365 e. The zero-order chi connectivity index (χ0) is 14.2. The van der Waals surface area contributed by atoms with E-state index >= 15 is 0 Å². The van der Waals surface area contributed by atoms with Crippen LogP contribution in [0.4, 0.5) is 0 Å². The van der Waals surface area contributed by atoms with Crippen LogP contribution in [0, 0.1) is 0 Å². The molecule has 1 aliphatic heterocycles. The Hall–Kier alpha value is -1.06. The fourth-order valence-electron chi connectivity index (χ4n) is 2.86. The van der Waals surface area contributed by atoms with Crippen LogP contribution in [0.25, 0.3) is 0 Å². The lowest BCUT2D eigenvalue weighted by Gasteiger charge is -2.34. The summed E-state index contributed by atoms with van der Waals surface area (Å²) in [5.74, 6) is 0.00896. The summed E-state index contributed by atoms with van der Waals surface area (Å²) in [5.41, 5.74) is 0.191. The van der Waals surface area contributed by atoms with E-state index in [-0.39, 0.29) is 11.4 Å². The molecule has 3 nitrogen and oxygen atoms in total. The summed E-state index contributed by atoms with van der Waals surface area (Å²) in [6, 6.07) is 7.76. The van der Waals surface area contributed by atoms with Gasteiger partial charge in [-0.3, -0.25) is 4.79 Å². The third kappa shape index (κ3) is 2.57. The summed E-state index contributed by atoms with van der Waals surface area (Å²) in [7, 11) is 0. The molecule has 3 rings (SSSR count). The number of carbonyl (C=O) groups is 1. The first-order chi connectivity index (χ1) is 9.54. The summed E-state index contributed by atoms with van der Waals surface area (Å²) in [6.45, 7) is 2.57. The Bertz CT molecular complexity index is 519. The van der Waals surface area contributed by atoms with Gasteiger partial charge in [-0.1, -0.05) is 23.7 Å². The molecule has 4 heteroatoms. The normalized spacial score (nSPS) is 27.9. The van der Waals surface area contributed by atoms with Crippen LogP contribution >= 0.6 is 11.6 Å². The summed E-state index contributed by atoms with van der Waals surface area (Å²) in [5, 5.41) is 3.91. The molecule has 1 aliphatic carbocycles. The van der Waals surface area contributed by atoms with E-state index < -0.39 is 5.60 Å². The van der Waals surface area contributed by atoms with Crippen LogP contribution in [-0.4, -0.2) is 18.1 Å². The fraction of sp³-hybridized carbons (Fsp3) is 0.562. The smallest absolute Gasteiger partial charge is 0.252 e. The second-order valence-corrected chi connectivity index (χ2v) is 6.52. The van der Waals surface area contributed by atoms with Gasteiger partial charge >= 0.3 is 0 Å². The van der Waals surface area contributed by atoms with Crippen molar-refractivity contribution in [3.63, 3.8) is 0 Å². The van der Waals surface area contributed by atoms with Crippen molar-refractivity contribution in [3.05, 3.63) is 34.9 Å². The predicted molar refractivity (Wildman–Crippen MR) is 78.7 cm³/mol. The molecule has 1 aromatic carbocycles. The van der Waals surface area contributed by atoms with Crippen molar-refractivity contribution >= 4 is 17.5 Å². The number of hydrogen-bond donors (Lipinski definition) is 1. The second kappa shape index (κ2) is 5.05. The van der Waals surface area contributed by atoms with E-state index in [0.29, 0.717) is 11.6 Å². The summed E-state index contributed by atoms with van der Waals surface area (Å²) in [4.78, 5) is 12.6. The maximum Gasteiger partial charge on any atom is 0.252 e. The molecule has 1 atom stereocenters. The molecule has 0 spiro atoms. The number of hydrogen-bond acceptors (Lipinski definition) is 2. The van der Waals surface area contributed by atoms with Crippen molar-refractivity contribution in [2.75, 3.05) is 6.61 Å². The zero-order valence-electron chi connectivity index (χ0n) is 11.7. The van der Waals surface area contributed by atoms with Crippen LogP contribution in [0.15, 0.2) is 24.3 Å². The Morgan fingerprint density at radius 3 is 2.70 bits per heavy atom. The van der Waals surface area contributed by atoms with Crippen LogP contribution < -0.4 is 5.32 Å². The van der Waals surface area contributed by atoms with Crippen molar-refractivity contribution in [2.24, 2.45) is 0 Å². The lowest BCUT2D eigenvalue weighted by Crippen LogP contribution is -2.51. The van der Waals surface area contributed by atoms with Gasteiger partial charge in [0.2, 0.25) is 0 Å². The molecule has 0 unspecified atom stereocenters. The molecule has 2 aliphatic rings. The van der Waals surface area contributed by atoms with Crippen molar-refractivity contribution in [3.8, 4) is 0 Å². The van der Waals surface area contributed by atoms with E-state index in [2.05, 4.69) is 5.32 Å². The van der Waals surface area contributed by atoms with E-state index in [4.69, 9.17) is 16.3 Å². The van der Waals surface area contributed by atoms with Crippen molar-refractivity contribution in [1.29, 1.82) is 0 Å². The van der Waals surface area contributed by atoms with Gasteiger partial charge in [-0.25, -0.2) is 0 Å². The average molecular weight is 294 g/mol. The molecule has 108 valence electrons. The minimum atomic E-state index is -0.674. The molecule has 0 radical (unpaired) electrons. The summed E-state index contributed by atoms with van der Waals surface area (Å²) >= 11 is 6.05. The highest BCUT2D eigenvalue weighted by Crippen LogP contribution is 2.46. The van der Waals surface area contributed by atoms with Crippen LogP contribution in [0.2, 0.25) is 5.02 Å². The Labute approximate surface area is 124 Å². The number of nitrogens with one attached hydrogen (secondary N) is 1. The highest BCUT2D eigenvalue weighted by molar-refractivity contribution is 6.30. The second-order valence-electron chi connectivity index (χ2n) is 6.08. The van der Waals surface area contributed by atoms with Crippen LogP contribution in [0.1, 0.15) is 44.6 Å².